The minimum Gasteiger partial charge on any atom is -0.493 e. The molecule has 1 heterocycles. The summed E-state index contributed by atoms with van der Waals surface area (Å²) in [6, 6.07) is 5.78. The molecule has 20 heavy (non-hydrogen) atoms. The van der Waals surface area contributed by atoms with E-state index in [-0.39, 0.29) is 18.4 Å². The second-order valence-corrected chi connectivity index (χ2v) is 5.03. The van der Waals surface area contributed by atoms with Gasteiger partial charge in [0.25, 0.3) is 0 Å². The number of aliphatic hydroxyl groups is 1. The Labute approximate surface area is 119 Å². The quantitative estimate of drug-likeness (QED) is 0.847. The fourth-order valence-corrected chi connectivity index (χ4v) is 2.49. The van der Waals surface area contributed by atoms with Crippen molar-refractivity contribution in [2.45, 2.75) is 12.8 Å². The highest BCUT2D eigenvalue weighted by Crippen LogP contribution is 2.28. The first-order chi connectivity index (χ1) is 9.67. The van der Waals surface area contributed by atoms with Crippen molar-refractivity contribution < 1.29 is 19.4 Å². The smallest absolute Gasteiger partial charge is 0.223 e. The first-order valence-electron chi connectivity index (χ1n) is 6.77. The maximum absolute atomic E-state index is 11.8. The molecular formula is C15H21NO4. The number of hydrogen-bond acceptors (Lipinski definition) is 4. The molecule has 0 spiro atoms. The van der Waals surface area contributed by atoms with Crippen molar-refractivity contribution in [3.63, 3.8) is 0 Å². The Morgan fingerprint density at radius 3 is 2.65 bits per heavy atom. The summed E-state index contributed by atoms with van der Waals surface area (Å²) in [6.07, 6.45) is 1.23. The van der Waals surface area contributed by atoms with Crippen LogP contribution < -0.4 is 9.47 Å². The van der Waals surface area contributed by atoms with Crippen LogP contribution in [0.25, 0.3) is 0 Å². The van der Waals surface area contributed by atoms with Crippen molar-refractivity contribution in [2.24, 2.45) is 5.92 Å². The van der Waals surface area contributed by atoms with Crippen LogP contribution in [0.5, 0.6) is 11.5 Å². The highest BCUT2D eigenvalue weighted by atomic mass is 16.5. The number of benzene rings is 1. The first kappa shape index (κ1) is 14.7. The molecule has 1 atom stereocenters. The number of amides is 1. The molecule has 1 aliphatic heterocycles. The number of aliphatic hydroxyl groups excluding tert-OH is 1. The van der Waals surface area contributed by atoms with Crippen LogP contribution in [-0.2, 0) is 11.2 Å². The molecular weight excluding hydrogens is 258 g/mol. The van der Waals surface area contributed by atoms with Crippen molar-refractivity contribution in [3.05, 3.63) is 23.8 Å². The van der Waals surface area contributed by atoms with Crippen LogP contribution in [0.15, 0.2) is 18.2 Å². The third-order valence-electron chi connectivity index (χ3n) is 3.67. The van der Waals surface area contributed by atoms with Crippen LogP contribution >= 0.6 is 0 Å². The Kier molecular flexibility index (Phi) is 4.84. The molecule has 5 nitrogen and oxygen atoms in total. The summed E-state index contributed by atoms with van der Waals surface area (Å²) in [6.45, 7) is 1.41. The van der Waals surface area contributed by atoms with Crippen LogP contribution in [0.1, 0.15) is 12.0 Å². The predicted octanol–water partition coefficient (Wildman–Crippen LogP) is 1.09. The van der Waals surface area contributed by atoms with Crippen LogP contribution in [-0.4, -0.2) is 49.8 Å². The van der Waals surface area contributed by atoms with Gasteiger partial charge in [0.15, 0.2) is 11.5 Å². The Balaban J connectivity index is 1.96. The van der Waals surface area contributed by atoms with Gasteiger partial charge in [-0.2, -0.15) is 0 Å². The average molecular weight is 279 g/mol. The van der Waals surface area contributed by atoms with E-state index >= 15 is 0 Å². The van der Waals surface area contributed by atoms with Gasteiger partial charge in [-0.3, -0.25) is 4.79 Å². The van der Waals surface area contributed by atoms with Gasteiger partial charge >= 0.3 is 0 Å². The van der Waals surface area contributed by atoms with Gasteiger partial charge in [-0.25, -0.2) is 0 Å². The van der Waals surface area contributed by atoms with E-state index in [2.05, 4.69) is 0 Å². The first-order valence-corrected chi connectivity index (χ1v) is 6.77. The predicted molar refractivity (Wildman–Crippen MR) is 75.0 cm³/mol. The molecule has 0 aliphatic carbocycles. The van der Waals surface area contributed by atoms with E-state index in [1.807, 2.05) is 23.1 Å². The molecule has 0 bridgehead atoms. The number of hydrogen-bond donors (Lipinski definition) is 1. The summed E-state index contributed by atoms with van der Waals surface area (Å²) in [7, 11) is 3.22. The lowest BCUT2D eigenvalue weighted by molar-refractivity contribution is -0.127. The van der Waals surface area contributed by atoms with E-state index in [0.717, 1.165) is 12.0 Å². The number of rotatable bonds is 6. The van der Waals surface area contributed by atoms with Crippen molar-refractivity contribution in [1.82, 2.24) is 4.90 Å². The number of likely N-dealkylation sites (tertiary alicyclic amines) is 1. The zero-order chi connectivity index (χ0) is 14.5. The van der Waals surface area contributed by atoms with Gasteiger partial charge in [0, 0.05) is 32.0 Å². The number of carbonyl (C=O) groups excluding carboxylic acids is 1. The molecule has 1 amide bonds. The van der Waals surface area contributed by atoms with Gasteiger partial charge in [0.05, 0.1) is 14.2 Å². The van der Waals surface area contributed by atoms with E-state index in [1.165, 1.54) is 0 Å². The van der Waals surface area contributed by atoms with Gasteiger partial charge in [-0.05, 0) is 24.1 Å². The van der Waals surface area contributed by atoms with Crippen molar-refractivity contribution in [2.75, 3.05) is 33.9 Å². The van der Waals surface area contributed by atoms with Gasteiger partial charge < -0.3 is 19.5 Å². The van der Waals surface area contributed by atoms with Gasteiger partial charge in [0.1, 0.15) is 0 Å². The van der Waals surface area contributed by atoms with Crippen LogP contribution in [0, 0.1) is 5.92 Å². The van der Waals surface area contributed by atoms with E-state index in [1.54, 1.807) is 14.2 Å². The number of carbonyl (C=O) groups is 1. The maximum atomic E-state index is 11.8. The van der Waals surface area contributed by atoms with Crippen LogP contribution in [0.3, 0.4) is 0 Å². The molecule has 5 heteroatoms. The average Bonchev–Trinajstić information content (AvgIpc) is 2.85. The van der Waals surface area contributed by atoms with E-state index < -0.39 is 0 Å². The largest absolute Gasteiger partial charge is 0.493 e. The molecule has 2 rings (SSSR count). The summed E-state index contributed by atoms with van der Waals surface area (Å²) < 4.78 is 10.5. The normalized spacial score (nSPS) is 18.4. The van der Waals surface area contributed by atoms with Gasteiger partial charge in [-0.15, -0.1) is 0 Å². The summed E-state index contributed by atoms with van der Waals surface area (Å²) in [5.41, 5.74) is 1.10. The molecule has 1 unspecified atom stereocenters. The Bertz CT molecular complexity index is 475. The molecule has 1 aromatic rings. The second kappa shape index (κ2) is 6.61. The Morgan fingerprint density at radius 2 is 2.05 bits per heavy atom. The summed E-state index contributed by atoms with van der Waals surface area (Å²) in [5.74, 6) is 1.62. The number of methoxy groups -OCH3 is 2. The zero-order valence-corrected chi connectivity index (χ0v) is 12.0. The molecule has 1 aliphatic rings. The molecule has 1 aromatic carbocycles. The molecule has 1 saturated heterocycles. The number of ether oxygens (including phenoxy) is 2. The molecule has 0 saturated carbocycles. The molecule has 0 aromatic heterocycles. The van der Waals surface area contributed by atoms with Crippen molar-refractivity contribution >= 4 is 5.91 Å². The molecule has 1 fully saturated rings. The molecule has 0 radical (unpaired) electrons. The topological polar surface area (TPSA) is 59.0 Å². The summed E-state index contributed by atoms with van der Waals surface area (Å²) in [5, 5.41) is 9.10. The second-order valence-electron chi connectivity index (χ2n) is 5.03. The Morgan fingerprint density at radius 1 is 1.30 bits per heavy atom. The van der Waals surface area contributed by atoms with Crippen molar-refractivity contribution in [1.29, 1.82) is 0 Å². The van der Waals surface area contributed by atoms with Gasteiger partial charge in [-0.1, -0.05) is 6.07 Å². The fourth-order valence-electron chi connectivity index (χ4n) is 2.49. The Hall–Kier alpha value is -1.75. The van der Waals surface area contributed by atoms with Crippen LogP contribution in [0.2, 0.25) is 0 Å². The minimum atomic E-state index is 0.0819. The zero-order valence-electron chi connectivity index (χ0n) is 12.0. The SMILES string of the molecule is COc1ccc(CCN2CC(CO)CC2=O)cc1OC. The monoisotopic (exact) mass is 279 g/mol. The third-order valence-corrected chi connectivity index (χ3v) is 3.67. The van der Waals surface area contributed by atoms with E-state index in [0.29, 0.717) is 31.0 Å². The van der Waals surface area contributed by atoms with E-state index in [9.17, 15) is 4.79 Å². The standard InChI is InChI=1S/C15H21NO4/c1-19-13-4-3-11(7-14(13)20-2)5-6-16-9-12(10-17)8-15(16)18/h3-4,7,12,17H,5-6,8-10H2,1-2H3. The number of nitrogens with zero attached hydrogens (tertiary/aromatic N) is 1. The van der Waals surface area contributed by atoms with Crippen molar-refractivity contribution in [3.8, 4) is 11.5 Å². The fraction of sp³-hybridized carbons (Fsp3) is 0.533. The highest BCUT2D eigenvalue weighted by molar-refractivity contribution is 5.78. The van der Waals surface area contributed by atoms with E-state index in [4.69, 9.17) is 14.6 Å². The summed E-state index contributed by atoms with van der Waals surface area (Å²) >= 11 is 0. The highest BCUT2D eigenvalue weighted by Gasteiger charge is 2.28. The lowest BCUT2D eigenvalue weighted by Crippen LogP contribution is -2.27. The maximum Gasteiger partial charge on any atom is 0.223 e. The van der Waals surface area contributed by atoms with Gasteiger partial charge in [0.2, 0.25) is 5.91 Å². The molecule has 110 valence electrons. The molecule has 1 N–H and O–H groups in total. The lowest BCUT2D eigenvalue weighted by Gasteiger charge is -2.17. The lowest BCUT2D eigenvalue weighted by atomic mass is 10.1. The van der Waals surface area contributed by atoms with Crippen LogP contribution in [0.4, 0.5) is 0 Å². The minimum absolute atomic E-state index is 0.0819. The third kappa shape index (κ3) is 3.22. The summed E-state index contributed by atoms with van der Waals surface area (Å²) in [4.78, 5) is 13.6.